The number of fused-ring (bicyclic) bond motifs is 1. The topological polar surface area (TPSA) is 85.8 Å². The van der Waals surface area contributed by atoms with Crippen molar-refractivity contribution in [1.29, 1.82) is 0 Å². The van der Waals surface area contributed by atoms with E-state index in [0.717, 1.165) is 32.7 Å². The number of hydrogen-bond donors (Lipinski definition) is 1. The molecule has 32 heavy (non-hydrogen) atoms. The highest BCUT2D eigenvalue weighted by Crippen LogP contribution is 2.30. The molecule has 2 aromatic heterocycles. The van der Waals surface area contributed by atoms with Gasteiger partial charge in [0.15, 0.2) is 11.5 Å². The van der Waals surface area contributed by atoms with Gasteiger partial charge in [0.05, 0.1) is 22.5 Å². The van der Waals surface area contributed by atoms with Crippen LogP contribution in [0.25, 0.3) is 27.9 Å². The zero-order valence-corrected chi connectivity index (χ0v) is 18.3. The molecule has 1 N–H and O–H groups in total. The van der Waals surface area contributed by atoms with Crippen molar-refractivity contribution in [3.63, 3.8) is 0 Å². The Morgan fingerprint density at radius 2 is 1.81 bits per heavy atom. The molecule has 2 heterocycles. The van der Waals surface area contributed by atoms with Gasteiger partial charge in [-0.15, -0.1) is 16.9 Å². The number of rotatable bonds is 5. The standard InChI is InChI=1S/C24H19N5O2S/c1-15-22(24(30)25-20-10-6-7-11-21(20)32-2)26-28-29(15)17-12-13-19-18(14-17)23(31-27-19)16-8-4-3-5-9-16/h3-14H,1-2H3,(H,25,30). The summed E-state index contributed by atoms with van der Waals surface area (Å²) in [5.74, 6) is 0.387. The van der Waals surface area contributed by atoms with Crippen LogP contribution in [0.2, 0.25) is 0 Å². The minimum absolute atomic E-state index is 0.273. The average Bonchev–Trinajstić information content (AvgIpc) is 3.43. The van der Waals surface area contributed by atoms with Gasteiger partial charge in [-0.1, -0.05) is 52.8 Å². The number of thioether (sulfide) groups is 1. The van der Waals surface area contributed by atoms with Crippen LogP contribution in [-0.4, -0.2) is 32.3 Å². The first-order valence-electron chi connectivity index (χ1n) is 9.97. The zero-order chi connectivity index (χ0) is 22.1. The normalized spacial score (nSPS) is 11.1. The van der Waals surface area contributed by atoms with Crippen LogP contribution in [0, 0.1) is 6.92 Å². The van der Waals surface area contributed by atoms with Crippen molar-refractivity contribution in [3.8, 4) is 17.0 Å². The predicted molar refractivity (Wildman–Crippen MR) is 125 cm³/mol. The third-order valence-electron chi connectivity index (χ3n) is 5.21. The minimum atomic E-state index is -0.300. The van der Waals surface area contributed by atoms with Gasteiger partial charge in [0.2, 0.25) is 0 Å². The number of amides is 1. The molecule has 0 atom stereocenters. The Kier molecular flexibility index (Phi) is 5.20. The number of benzene rings is 3. The molecule has 1 amide bonds. The summed E-state index contributed by atoms with van der Waals surface area (Å²) in [6, 6.07) is 23.2. The Morgan fingerprint density at radius 3 is 2.62 bits per heavy atom. The van der Waals surface area contributed by atoms with Gasteiger partial charge in [-0.05, 0) is 43.5 Å². The summed E-state index contributed by atoms with van der Waals surface area (Å²) in [6.45, 7) is 1.82. The van der Waals surface area contributed by atoms with Gasteiger partial charge < -0.3 is 9.84 Å². The highest BCUT2D eigenvalue weighted by Gasteiger charge is 2.19. The lowest BCUT2D eigenvalue weighted by molar-refractivity contribution is 0.102. The lowest BCUT2D eigenvalue weighted by Crippen LogP contribution is -2.14. The van der Waals surface area contributed by atoms with Gasteiger partial charge in [0.25, 0.3) is 5.91 Å². The lowest BCUT2D eigenvalue weighted by Gasteiger charge is -2.08. The fourth-order valence-corrected chi connectivity index (χ4v) is 4.13. The molecule has 3 aromatic carbocycles. The van der Waals surface area contributed by atoms with Crippen molar-refractivity contribution in [2.45, 2.75) is 11.8 Å². The summed E-state index contributed by atoms with van der Waals surface area (Å²) in [7, 11) is 0. The van der Waals surface area contributed by atoms with Crippen LogP contribution >= 0.6 is 11.8 Å². The largest absolute Gasteiger partial charge is 0.355 e. The molecule has 0 radical (unpaired) electrons. The number of nitrogens with zero attached hydrogens (tertiary/aromatic N) is 4. The number of para-hydroxylation sites is 1. The summed E-state index contributed by atoms with van der Waals surface area (Å²) >= 11 is 1.57. The fraction of sp³-hybridized carbons (Fsp3) is 0.0833. The molecule has 0 saturated carbocycles. The van der Waals surface area contributed by atoms with Crippen LogP contribution < -0.4 is 5.32 Å². The molecule has 0 aliphatic carbocycles. The molecule has 158 valence electrons. The maximum atomic E-state index is 12.9. The molecule has 5 aromatic rings. The van der Waals surface area contributed by atoms with E-state index in [2.05, 4.69) is 20.8 Å². The van der Waals surface area contributed by atoms with Gasteiger partial charge >= 0.3 is 0 Å². The van der Waals surface area contributed by atoms with E-state index in [1.165, 1.54) is 0 Å². The minimum Gasteiger partial charge on any atom is -0.355 e. The van der Waals surface area contributed by atoms with Crippen LogP contribution in [0.4, 0.5) is 5.69 Å². The third kappa shape index (κ3) is 3.54. The molecule has 0 bridgehead atoms. The molecule has 7 nitrogen and oxygen atoms in total. The molecule has 0 spiro atoms. The van der Waals surface area contributed by atoms with Crippen LogP contribution in [0.5, 0.6) is 0 Å². The van der Waals surface area contributed by atoms with Crippen molar-refractivity contribution >= 4 is 34.3 Å². The quantitative estimate of drug-likeness (QED) is 0.370. The molecular formula is C24H19N5O2S. The van der Waals surface area contributed by atoms with Crippen molar-refractivity contribution in [3.05, 3.63) is 84.2 Å². The zero-order valence-electron chi connectivity index (χ0n) is 17.4. The Balaban J connectivity index is 1.49. The van der Waals surface area contributed by atoms with E-state index in [1.807, 2.05) is 86.0 Å². The van der Waals surface area contributed by atoms with Crippen LogP contribution in [-0.2, 0) is 0 Å². The van der Waals surface area contributed by atoms with Gasteiger partial charge in [-0.2, -0.15) is 0 Å². The Labute approximate surface area is 188 Å². The van der Waals surface area contributed by atoms with E-state index in [1.54, 1.807) is 16.4 Å². The molecule has 0 saturated heterocycles. The summed E-state index contributed by atoms with van der Waals surface area (Å²) in [5, 5.41) is 16.3. The number of nitrogens with one attached hydrogen (secondary N) is 1. The number of anilines is 1. The number of aromatic nitrogens is 4. The van der Waals surface area contributed by atoms with Crippen molar-refractivity contribution in [2.75, 3.05) is 11.6 Å². The molecule has 0 fully saturated rings. The second-order valence-electron chi connectivity index (χ2n) is 7.17. The maximum absolute atomic E-state index is 12.9. The fourth-order valence-electron chi connectivity index (χ4n) is 3.57. The van der Waals surface area contributed by atoms with Crippen LogP contribution in [0.1, 0.15) is 16.2 Å². The van der Waals surface area contributed by atoms with E-state index in [0.29, 0.717) is 11.5 Å². The number of hydrogen-bond acceptors (Lipinski definition) is 6. The van der Waals surface area contributed by atoms with Crippen molar-refractivity contribution < 1.29 is 9.32 Å². The summed E-state index contributed by atoms with van der Waals surface area (Å²) < 4.78 is 7.24. The Bertz CT molecular complexity index is 1430. The molecule has 5 rings (SSSR count). The summed E-state index contributed by atoms with van der Waals surface area (Å²) in [6.07, 6.45) is 1.97. The van der Waals surface area contributed by atoms with Crippen LogP contribution in [0.3, 0.4) is 0 Å². The average molecular weight is 442 g/mol. The number of carbonyl (C=O) groups excluding carboxylic acids is 1. The first kappa shape index (κ1) is 20.0. The van der Waals surface area contributed by atoms with E-state index in [4.69, 9.17) is 4.52 Å². The van der Waals surface area contributed by atoms with Crippen LogP contribution in [0.15, 0.2) is 82.2 Å². The highest BCUT2D eigenvalue weighted by molar-refractivity contribution is 7.98. The summed E-state index contributed by atoms with van der Waals surface area (Å²) in [5.41, 5.74) is 4.12. The Morgan fingerprint density at radius 1 is 1.03 bits per heavy atom. The van der Waals surface area contributed by atoms with Crippen molar-refractivity contribution in [1.82, 2.24) is 20.2 Å². The summed E-state index contributed by atoms with van der Waals surface area (Å²) in [4.78, 5) is 13.9. The second-order valence-corrected chi connectivity index (χ2v) is 8.02. The van der Waals surface area contributed by atoms with E-state index >= 15 is 0 Å². The first-order chi connectivity index (χ1) is 15.7. The van der Waals surface area contributed by atoms with Gasteiger partial charge in [-0.3, -0.25) is 4.79 Å². The molecular weight excluding hydrogens is 422 g/mol. The monoisotopic (exact) mass is 441 g/mol. The highest BCUT2D eigenvalue weighted by atomic mass is 32.2. The lowest BCUT2D eigenvalue weighted by atomic mass is 10.1. The SMILES string of the molecule is CSc1ccccc1NC(=O)c1nnn(-c2ccc3noc(-c4ccccc4)c3c2)c1C. The molecule has 0 aliphatic heterocycles. The van der Waals surface area contributed by atoms with Gasteiger partial charge in [-0.25, -0.2) is 4.68 Å². The van der Waals surface area contributed by atoms with E-state index < -0.39 is 0 Å². The molecule has 0 aliphatic rings. The van der Waals surface area contributed by atoms with Gasteiger partial charge in [0.1, 0.15) is 5.52 Å². The van der Waals surface area contributed by atoms with E-state index in [9.17, 15) is 4.79 Å². The van der Waals surface area contributed by atoms with Crippen molar-refractivity contribution in [2.24, 2.45) is 0 Å². The second kappa shape index (κ2) is 8.32. The third-order valence-corrected chi connectivity index (χ3v) is 6.00. The first-order valence-corrected chi connectivity index (χ1v) is 11.2. The Hall–Kier alpha value is -3.91. The number of carbonyl (C=O) groups is 1. The molecule has 8 heteroatoms. The maximum Gasteiger partial charge on any atom is 0.278 e. The smallest absolute Gasteiger partial charge is 0.278 e. The molecule has 0 unspecified atom stereocenters. The predicted octanol–water partition coefficient (Wildman–Crippen LogP) is 5.36. The van der Waals surface area contributed by atoms with Gasteiger partial charge in [0, 0.05) is 10.5 Å². The van der Waals surface area contributed by atoms with E-state index in [-0.39, 0.29) is 11.6 Å².